The fourth-order valence-corrected chi connectivity index (χ4v) is 2.77. The van der Waals surface area contributed by atoms with Crippen molar-refractivity contribution in [2.24, 2.45) is 0 Å². The quantitative estimate of drug-likeness (QED) is 0.693. The van der Waals surface area contributed by atoms with Crippen LogP contribution in [0.4, 0.5) is 5.69 Å². The molecule has 0 atom stereocenters. The maximum absolute atomic E-state index is 6.21. The molecule has 1 N–H and O–H groups in total. The maximum atomic E-state index is 6.21. The average Bonchev–Trinajstić information content (AvgIpc) is 2.48. The van der Waals surface area contributed by atoms with E-state index in [1.54, 1.807) is 6.20 Å². The summed E-state index contributed by atoms with van der Waals surface area (Å²) in [4.78, 5) is 4.42. The summed E-state index contributed by atoms with van der Waals surface area (Å²) >= 11 is 12.2. The summed E-state index contributed by atoms with van der Waals surface area (Å²) in [6, 6.07) is 13.6. The van der Waals surface area contributed by atoms with E-state index in [9.17, 15) is 0 Å². The summed E-state index contributed by atoms with van der Waals surface area (Å²) in [6.45, 7) is 2.78. The third kappa shape index (κ3) is 2.97. The van der Waals surface area contributed by atoms with E-state index in [1.807, 2.05) is 42.5 Å². The molecule has 0 aliphatic rings. The van der Waals surface area contributed by atoms with Gasteiger partial charge in [-0.15, -0.1) is 0 Å². The smallest absolute Gasteiger partial charge is 0.0948 e. The zero-order valence-corrected chi connectivity index (χ0v) is 13.0. The van der Waals surface area contributed by atoms with Crippen LogP contribution in [0.2, 0.25) is 10.0 Å². The highest BCUT2D eigenvalue weighted by Gasteiger charge is 2.06. The molecule has 0 spiro atoms. The predicted octanol–water partition coefficient (Wildman–Crippen LogP) is 5.46. The van der Waals surface area contributed by atoms with Crippen LogP contribution in [-0.4, -0.2) is 4.98 Å². The van der Waals surface area contributed by atoms with E-state index in [0.29, 0.717) is 5.02 Å². The molecular formula is C17H14Cl2N2. The first-order valence-corrected chi connectivity index (χ1v) is 7.43. The molecule has 21 heavy (non-hydrogen) atoms. The van der Waals surface area contributed by atoms with Crippen molar-refractivity contribution < 1.29 is 0 Å². The zero-order chi connectivity index (χ0) is 14.8. The molecule has 1 aromatic heterocycles. The third-order valence-corrected chi connectivity index (χ3v) is 4.06. The highest BCUT2D eigenvalue weighted by atomic mass is 35.5. The van der Waals surface area contributed by atoms with Gasteiger partial charge in [0.05, 0.1) is 16.2 Å². The summed E-state index contributed by atoms with van der Waals surface area (Å²) in [5.41, 5.74) is 4.24. The molecule has 0 fully saturated rings. The minimum atomic E-state index is 0.714. The molecule has 0 amide bonds. The van der Waals surface area contributed by atoms with Crippen LogP contribution in [0.15, 0.2) is 48.7 Å². The van der Waals surface area contributed by atoms with E-state index in [2.05, 4.69) is 17.2 Å². The van der Waals surface area contributed by atoms with Gasteiger partial charge in [0, 0.05) is 23.2 Å². The van der Waals surface area contributed by atoms with Crippen molar-refractivity contribution >= 4 is 39.8 Å². The largest absolute Gasteiger partial charge is 0.379 e. The monoisotopic (exact) mass is 316 g/mol. The van der Waals surface area contributed by atoms with Gasteiger partial charge in [0.15, 0.2) is 0 Å². The number of anilines is 1. The van der Waals surface area contributed by atoms with E-state index >= 15 is 0 Å². The first-order valence-electron chi connectivity index (χ1n) is 6.67. The summed E-state index contributed by atoms with van der Waals surface area (Å²) in [7, 11) is 0. The minimum absolute atomic E-state index is 0.714. The Bertz CT molecular complexity index is 800. The molecule has 0 unspecified atom stereocenters. The van der Waals surface area contributed by atoms with Gasteiger partial charge < -0.3 is 5.32 Å². The molecule has 0 saturated carbocycles. The third-order valence-electron chi connectivity index (χ3n) is 3.49. The number of rotatable bonds is 3. The second-order valence-electron chi connectivity index (χ2n) is 4.92. The topological polar surface area (TPSA) is 24.9 Å². The molecule has 106 valence electrons. The van der Waals surface area contributed by atoms with Gasteiger partial charge in [-0.05, 0) is 54.4 Å². The van der Waals surface area contributed by atoms with E-state index < -0.39 is 0 Å². The van der Waals surface area contributed by atoms with Crippen LogP contribution in [0, 0.1) is 6.92 Å². The van der Waals surface area contributed by atoms with Crippen LogP contribution in [0.1, 0.15) is 11.1 Å². The standard InChI is InChI=1S/C17H14Cl2N2/c1-11-9-13(18)5-4-12(11)10-21-16-7-6-15(19)14-3-2-8-20-17(14)16/h2-9,21H,10H2,1H3. The zero-order valence-electron chi connectivity index (χ0n) is 11.5. The van der Waals surface area contributed by atoms with Crippen molar-refractivity contribution in [2.45, 2.75) is 13.5 Å². The Morgan fingerprint density at radius 2 is 1.95 bits per heavy atom. The Kier molecular flexibility index (Phi) is 4.00. The average molecular weight is 317 g/mol. The lowest BCUT2D eigenvalue weighted by atomic mass is 10.1. The predicted molar refractivity (Wildman–Crippen MR) is 90.3 cm³/mol. The first-order chi connectivity index (χ1) is 10.1. The van der Waals surface area contributed by atoms with Crippen LogP contribution in [0.25, 0.3) is 10.9 Å². The van der Waals surface area contributed by atoms with Gasteiger partial charge in [0.2, 0.25) is 0 Å². The molecule has 2 nitrogen and oxygen atoms in total. The number of hydrogen-bond acceptors (Lipinski definition) is 2. The number of nitrogens with zero attached hydrogens (tertiary/aromatic N) is 1. The van der Waals surface area contributed by atoms with Crippen LogP contribution in [0.3, 0.4) is 0 Å². The van der Waals surface area contributed by atoms with Gasteiger partial charge in [0.25, 0.3) is 0 Å². The maximum Gasteiger partial charge on any atom is 0.0948 e. The molecule has 0 saturated heterocycles. The van der Waals surface area contributed by atoms with Gasteiger partial charge >= 0.3 is 0 Å². The molecule has 3 aromatic rings. The van der Waals surface area contributed by atoms with Crippen LogP contribution >= 0.6 is 23.2 Å². The second kappa shape index (κ2) is 5.92. The van der Waals surface area contributed by atoms with Crippen molar-refractivity contribution in [3.8, 4) is 0 Å². The first kappa shape index (κ1) is 14.2. The van der Waals surface area contributed by atoms with Gasteiger partial charge in [-0.3, -0.25) is 4.98 Å². The molecule has 3 rings (SSSR count). The van der Waals surface area contributed by atoms with Crippen LogP contribution in [0.5, 0.6) is 0 Å². The van der Waals surface area contributed by atoms with Gasteiger partial charge in [-0.25, -0.2) is 0 Å². The number of aryl methyl sites for hydroxylation is 1. The lowest BCUT2D eigenvalue weighted by Gasteiger charge is -2.12. The summed E-state index contributed by atoms with van der Waals surface area (Å²) in [6.07, 6.45) is 1.78. The van der Waals surface area contributed by atoms with Crippen molar-refractivity contribution in [3.63, 3.8) is 0 Å². The van der Waals surface area contributed by atoms with Crippen LogP contribution < -0.4 is 5.32 Å². The highest BCUT2D eigenvalue weighted by Crippen LogP contribution is 2.28. The van der Waals surface area contributed by atoms with Gasteiger partial charge in [-0.1, -0.05) is 29.3 Å². The normalized spacial score (nSPS) is 10.8. The van der Waals surface area contributed by atoms with Crippen molar-refractivity contribution in [1.29, 1.82) is 0 Å². The molecule has 0 bridgehead atoms. The van der Waals surface area contributed by atoms with Gasteiger partial charge in [-0.2, -0.15) is 0 Å². The van der Waals surface area contributed by atoms with Crippen molar-refractivity contribution in [2.75, 3.05) is 5.32 Å². The van der Waals surface area contributed by atoms with E-state index in [-0.39, 0.29) is 0 Å². The van der Waals surface area contributed by atoms with E-state index in [4.69, 9.17) is 23.2 Å². The number of pyridine rings is 1. The minimum Gasteiger partial charge on any atom is -0.379 e. The van der Waals surface area contributed by atoms with Crippen molar-refractivity contribution in [3.05, 3.63) is 69.8 Å². The SMILES string of the molecule is Cc1cc(Cl)ccc1CNc1ccc(Cl)c2cccnc12. The number of aromatic nitrogens is 1. The summed E-state index contributed by atoms with van der Waals surface area (Å²) in [5, 5.41) is 5.86. The Balaban J connectivity index is 1.90. The highest BCUT2D eigenvalue weighted by molar-refractivity contribution is 6.35. The lowest BCUT2D eigenvalue weighted by molar-refractivity contribution is 1.12. The molecule has 2 aromatic carbocycles. The number of hydrogen-bond donors (Lipinski definition) is 1. The second-order valence-corrected chi connectivity index (χ2v) is 5.76. The molecule has 4 heteroatoms. The molecule has 0 aliphatic carbocycles. The van der Waals surface area contributed by atoms with E-state index in [0.717, 1.165) is 28.2 Å². The van der Waals surface area contributed by atoms with Gasteiger partial charge in [0.1, 0.15) is 0 Å². The number of halogens is 2. The van der Waals surface area contributed by atoms with Crippen LogP contribution in [-0.2, 0) is 6.54 Å². The summed E-state index contributed by atoms with van der Waals surface area (Å²) < 4.78 is 0. The molecule has 0 radical (unpaired) electrons. The van der Waals surface area contributed by atoms with Crippen molar-refractivity contribution in [1.82, 2.24) is 4.98 Å². The Labute approximate surface area is 133 Å². The number of benzene rings is 2. The number of fused-ring (bicyclic) bond motifs is 1. The lowest BCUT2D eigenvalue weighted by Crippen LogP contribution is -2.02. The Hall–Kier alpha value is -1.77. The molecule has 0 aliphatic heterocycles. The Morgan fingerprint density at radius 1 is 1.10 bits per heavy atom. The molecule has 1 heterocycles. The fourth-order valence-electron chi connectivity index (χ4n) is 2.33. The fraction of sp³-hybridized carbons (Fsp3) is 0.118. The van der Waals surface area contributed by atoms with E-state index in [1.165, 1.54) is 11.1 Å². The summed E-state index contributed by atoms with van der Waals surface area (Å²) in [5.74, 6) is 0. The number of nitrogens with one attached hydrogen (secondary N) is 1. The molecular weight excluding hydrogens is 303 g/mol. The Morgan fingerprint density at radius 3 is 2.76 bits per heavy atom.